The molecule has 0 aliphatic rings. The Morgan fingerprint density at radius 3 is 2.64 bits per heavy atom. The second-order valence-electron chi connectivity index (χ2n) is 5.07. The molecular formula is C16H19N3O3. The minimum Gasteiger partial charge on any atom is -0.468 e. The largest absolute Gasteiger partial charge is 0.468 e. The van der Waals surface area contributed by atoms with Crippen molar-refractivity contribution in [1.29, 1.82) is 0 Å². The molecule has 0 bridgehead atoms. The van der Waals surface area contributed by atoms with Gasteiger partial charge in [0.05, 0.1) is 18.9 Å². The number of carbonyl (C=O) groups excluding carboxylic acids is 2. The van der Waals surface area contributed by atoms with Gasteiger partial charge in [0.15, 0.2) is 0 Å². The average molecular weight is 301 g/mol. The van der Waals surface area contributed by atoms with Crippen LogP contribution in [0.1, 0.15) is 21.5 Å². The molecule has 116 valence electrons. The van der Waals surface area contributed by atoms with Crippen molar-refractivity contribution < 1.29 is 14.3 Å². The third kappa shape index (κ3) is 3.72. The molecule has 22 heavy (non-hydrogen) atoms. The highest BCUT2D eigenvalue weighted by Crippen LogP contribution is 2.13. The zero-order valence-corrected chi connectivity index (χ0v) is 12.9. The van der Waals surface area contributed by atoms with E-state index in [2.05, 4.69) is 9.84 Å². The van der Waals surface area contributed by atoms with Crippen LogP contribution in [-0.4, -0.2) is 40.2 Å². The first-order valence-electron chi connectivity index (χ1n) is 6.90. The van der Waals surface area contributed by atoms with E-state index in [0.29, 0.717) is 12.1 Å². The summed E-state index contributed by atoms with van der Waals surface area (Å²) in [6, 6.07) is 7.76. The monoisotopic (exact) mass is 301 g/mol. The first kappa shape index (κ1) is 15.8. The molecule has 1 amide bonds. The van der Waals surface area contributed by atoms with E-state index >= 15 is 0 Å². The van der Waals surface area contributed by atoms with Gasteiger partial charge in [-0.1, -0.05) is 24.3 Å². The SMILES string of the molecule is COC(=O)CN(Cc1ccccc1C)C(=O)c1cnn(C)c1. The van der Waals surface area contributed by atoms with Gasteiger partial charge in [0, 0.05) is 19.8 Å². The normalized spacial score (nSPS) is 10.3. The number of esters is 1. The Balaban J connectivity index is 2.24. The van der Waals surface area contributed by atoms with Crippen molar-refractivity contribution in [2.24, 2.45) is 7.05 Å². The Bertz CT molecular complexity index is 679. The van der Waals surface area contributed by atoms with Crippen molar-refractivity contribution in [3.8, 4) is 0 Å². The smallest absolute Gasteiger partial charge is 0.325 e. The molecule has 0 aliphatic heterocycles. The molecule has 0 fully saturated rings. The van der Waals surface area contributed by atoms with Gasteiger partial charge in [-0.3, -0.25) is 14.3 Å². The maximum Gasteiger partial charge on any atom is 0.325 e. The van der Waals surface area contributed by atoms with Gasteiger partial charge in [0.1, 0.15) is 6.54 Å². The molecule has 6 heteroatoms. The molecule has 1 heterocycles. The van der Waals surface area contributed by atoms with E-state index in [9.17, 15) is 9.59 Å². The Kier molecular flexibility index (Phi) is 4.93. The summed E-state index contributed by atoms with van der Waals surface area (Å²) < 4.78 is 6.24. The van der Waals surface area contributed by atoms with Gasteiger partial charge in [-0.15, -0.1) is 0 Å². The van der Waals surface area contributed by atoms with Crippen LogP contribution in [0.25, 0.3) is 0 Å². The van der Waals surface area contributed by atoms with Crippen molar-refractivity contribution in [1.82, 2.24) is 14.7 Å². The lowest BCUT2D eigenvalue weighted by Crippen LogP contribution is -2.35. The number of aromatic nitrogens is 2. The maximum atomic E-state index is 12.6. The molecule has 0 aliphatic carbocycles. The molecule has 1 aromatic heterocycles. The number of rotatable bonds is 5. The van der Waals surface area contributed by atoms with Crippen molar-refractivity contribution in [3.05, 3.63) is 53.3 Å². The third-order valence-corrected chi connectivity index (χ3v) is 3.41. The van der Waals surface area contributed by atoms with E-state index in [1.54, 1.807) is 17.9 Å². The molecule has 0 atom stereocenters. The molecular weight excluding hydrogens is 282 g/mol. The van der Waals surface area contributed by atoms with Crippen LogP contribution in [0.15, 0.2) is 36.7 Å². The quantitative estimate of drug-likeness (QED) is 0.786. The Labute approximate surface area is 129 Å². The fourth-order valence-electron chi connectivity index (χ4n) is 2.13. The Hall–Kier alpha value is -2.63. The second-order valence-corrected chi connectivity index (χ2v) is 5.07. The third-order valence-electron chi connectivity index (χ3n) is 3.41. The van der Waals surface area contributed by atoms with Gasteiger partial charge in [-0.05, 0) is 18.1 Å². The molecule has 0 radical (unpaired) electrons. The molecule has 0 N–H and O–H groups in total. The summed E-state index contributed by atoms with van der Waals surface area (Å²) in [7, 11) is 3.05. The first-order chi connectivity index (χ1) is 10.5. The maximum absolute atomic E-state index is 12.6. The molecule has 6 nitrogen and oxygen atoms in total. The fraction of sp³-hybridized carbons (Fsp3) is 0.312. The highest BCUT2D eigenvalue weighted by Gasteiger charge is 2.21. The fourth-order valence-corrected chi connectivity index (χ4v) is 2.13. The zero-order valence-electron chi connectivity index (χ0n) is 12.9. The van der Waals surface area contributed by atoms with Crippen LogP contribution in [0.3, 0.4) is 0 Å². The van der Waals surface area contributed by atoms with Gasteiger partial charge in [0.25, 0.3) is 5.91 Å². The predicted molar refractivity (Wildman–Crippen MR) is 81.1 cm³/mol. The summed E-state index contributed by atoms with van der Waals surface area (Å²) in [4.78, 5) is 25.7. The minimum absolute atomic E-state index is 0.0986. The van der Waals surface area contributed by atoms with Crippen LogP contribution in [0.4, 0.5) is 0 Å². The first-order valence-corrected chi connectivity index (χ1v) is 6.90. The van der Waals surface area contributed by atoms with E-state index in [-0.39, 0.29) is 12.5 Å². The van der Waals surface area contributed by atoms with E-state index < -0.39 is 5.97 Å². The van der Waals surface area contributed by atoms with Gasteiger partial charge in [0.2, 0.25) is 0 Å². The molecule has 0 saturated heterocycles. The Morgan fingerprint density at radius 1 is 1.32 bits per heavy atom. The van der Waals surface area contributed by atoms with E-state index in [4.69, 9.17) is 0 Å². The number of aryl methyl sites for hydroxylation is 2. The number of hydrogen-bond acceptors (Lipinski definition) is 4. The summed E-state index contributed by atoms with van der Waals surface area (Å²) in [5.41, 5.74) is 2.50. The lowest BCUT2D eigenvalue weighted by molar-refractivity contribution is -0.141. The predicted octanol–water partition coefficient (Wildman–Crippen LogP) is 1.54. The minimum atomic E-state index is -0.453. The molecule has 2 aromatic rings. The summed E-state index contributed by atoms with van der Waals surface area (Å²) in [6.45, 7) is 2.22. The van der Waals surface area contributed by atoms with E-state index in [1.807, 2.05) is 31.2 Å². The van der Waals surface area contributed by atoms with Gasteiger partial charge < -0.3 is 9.64 Å². The van der Waals surface area contributed by atoms with Crippen LogP contribution < -0.4 is 0 Å². The van der Waals surface area contributed by atoms with Crippen LogP contribution in [0, 0.1) is 6.92 Å². The molecule has 0 saturated carbocycles. The molecule has 1 aromatic carbocycles. The summed E-state index contributed by atoms with van der Waals surface area (Å²) >= 11 is 0. The molecule has 0 spiro atoms. The standard InChI is InChI=1S/C16H19N3O3/c1-12-6-4-5-7-13(12)10-19(11-15(20)22-3)16(21)14-8-17-18(2)9-14/h4-9H,10-11H2,1-3H3. The lowest BCUT2D eigenvalue weighted by Gasteiger charge is -2.22. The number of nitrogens with zero attached hydrogens (tertiary/aromatic N) is 3. The summed E-state index contributed by atoms with van der Waals surface area (Å²) in [5.74, 6) is -0.701. The topological polar surface area (TPSA) is 64.4 Å². The molecule has 0 unspecified atom stereocenters. The van der Waals surface area contributed by atoms with Crippen molar-refractivity contribution >= 4 is 11.9 Å². The molecule has 2 rings (SSSR count). The number of benzene rings is 1. The average Bonchev–Trinajstić information content (AvgIpc) is 2.94. The highest BCUT2D eigenvalue weighted by atomic mass is 16.5. The van der Waals surface area contributed by atoms with Crippen molar-refractivity contribution in [2.45, 2.75) is 13.5 Å². The summed E-state index contributed by atoms with van der Waals surface area (Å²) in [6.07, 6.45) is 3.12. The zero-order chi connectivity index (χ0) is 16.1. The van der Waals surface area contributed by atoms with Crippen LogP contribution >= 0.6 is 0 Å². The van der Waals surface area contributed by atoms with Crippen LogP contribution in [-0.2, 0) is 23.1 Å². The Morgan fingerprint density at radius 2 is 2.05 bits per heavy atom. The van der Waals surface area contributed by atoms with Crippen LogP contribution in [0.2, 0.25) is 0 Å². The number of carbonyl (C=O) groups is 2. The lowest BCUT2D eigenvalue weighted by atomic mass is 10.1. The van der Waals surface area contributed by atoms with Crippen molar-refractivity contribution in [2.75, 3.05) is 13.7 Å². The highest BCUT2D eigenvalue weighted by molar-refractivity contribution is 5.95. The van der Waals surface area contributed by atoms with Gasteiger partial charge >= 0.3 is 5.97 Å². The number of ether oxygens (including phenoxy) is 1. The summed E-state index contributed by atoms with van der Waals surface area (Å²) in [5, 5.41) is 4.00. The van der Waals surface area contributed by atoms with E-state index in [1.165, 1.54) is 18.2 Å². The second kappa shape index (κ2) is 6.89. The van der Waals surface area contributed by atoms with Gasteiger partial charge in [-0.25, -0.2) is 0 Å². The van der Waals surface area contributed by atoms with Crippen molar-refractivity contribution in [3.63, 3.8) is 0 Å². The number of amides is 1. The van der Waals surface area contributed by atoms with Gasteiger partial charge in [-0.2, -0.15) is 5.10 Å². The van der Waals surface area contributed by atoms with E-state index in [0.717, 1.165) is 11.1 Å². The van der Waals surface area contributed by atoms with Crippen LogP contribution in [0.5, 0.6) is 0 Å². The number of hydrogen-bond donors (Lipinski definition) is 0. The number of methoxy groups -OCH3 is 1.